The Balaban J connectivity index is 1.16. The van der Waals surface area contributed by atoms with E-state index in [9.17, 15) is 14.0 Å². The number of hydrogen-bond donors (Lipinski definition) is 1. The second-order valence-electron chi connectivity index (χ2n) is 11.5. The van der Waals surface area contributed by atoms with Gasteiger partial charge in [-0.05, 0) is 68.7 Å². The Morgan fingerprint density at radius 2 is 1.74 bits per heavy atom. The van der Waals surface area contributed by atoms with E-state index in [4.69, 9.17) is 14.0 Å². The van der Waals surface area contributed by atoms with Crippen LogP contribution in [-0.4, -0.2) is 29.3 Å². The van der Waals surface area contributed by atoms with E-state index >= 15 is 0 Å². The predicted molar refractivity (Wildman–Crippen MR) is 154 cm³/mol. The van der Waals surface area contributed by atoms with Gasteiger partial charge < -0.3 is 14.0 Å². The lowest BCUT2D eigenvalue weighted by Crippen LogP contribution is -2.57. The van der Waals surface area contributed by atoms with Gasteiger partial charge in [-0.25, -0.2) is 9.18 Å². The molecule has 1 N–H and O–H groups in total. The van der Waals surface area contributed by atoms with Gasteiger partial charge in [-0.3, -0.25) is 15.1 Å². The molecule has 6 rings (SSSR count). The van der Waals surface area contributed by atoms with Gasteiger partial charge in [0.05, 0.1) is 18.2 Å². The summed E-state index contributed by atoms with van der Waals surface area (Å²) >= 11 is 0. The molecule has 2 saturated carbocycles. The minimum Gasteiger partial charge on any atom is -0.468 e. The summed E-state index contributed by atoms with van der Waals surface area (Å²) < 4.78 is 30.2. The number of nitrogens with zero attached hydrogens (tertiary/aromatic N) is 2. The number of pyridine rings is 1. The number of methoxy groups -OCH3 is 1. The number of aryl methyl sites for hydroxylation is 1. The minimum atomic E-state index is -0.798. The van der Waals surface area contributed by atoms with Crippen LogP contribution in [0.3, 0.4) is 0 Å². The Kier molecular flexibility index (Phi) is 7.04. The van der Waals surface area contributed by atoms with E-state index in [1.54, 1.807) is 38.2 Å². The summed E-state index contributed by atoms with van der Waals surface area (Å²) in [5, 5.41) is 6.67. The lowest BCUT2D eigenvalue weighted by Gasteiger charge is -2.59. The fourth-order valence-electron chi connectivity index (χ4n) is 6.45. The molecule has 0 aliphatic heterocycles. The number of nitrogens with one attached hydrogen (secondary N) is 1. The first kappa shape index (κ1) is 27.6. The van der Waals surface area contributed by atoms with Gasteiger partial charge in [0.1, 0.15) is 23.3 Å². The molecule has 9 heteroatoms. The molecule has 0 saturated heterocycles. The Morgan fingerprint density at radius 3 is 2.36 bits per heavy atom. The summed E-state index contributed by atoms with van der Waals surface area (Å²) in [6, 6.07) is 17.8. The van der Waals surface area contributed by atoms with Crippen molar-refractivity contribution in [3.63, 3.8) is 0 Å². The van der Waals surface area contributed by atoms with Gasteiger partial charge in [0.2, 0.25) is 0 Å². The van der Waals surface area contributed by atoms with Gasteiger partial charge in [0.15, 0.2) is 5.76 Å². The summed E-state index contributed by atoms with van der Waals surface area (Å²) in [6.07, 6.45) is 5.40. The number of benzene rings is 2. The standard InChI is InChI=1S/C33H32FN3O5/c1-20-28(36-31(39)41-21(2)25-7-4-5-8-26(25)34)29(42-37-20)23-11-14-27(35-17-23)22-9-12-24(13-10-22)33(30(38)40-3)18-32(19-33)15-6-16-32/h4-5,7-14,17,21H,6,15-16,18-19H2,1-3H3,(H,36,39). The predicted octanol–water partition coefficient (Wildman–Crippen LogP) is 7.54. The van der Waals surface area contributed by atoms with Crippen molar-refractivity contribution in [3.8, 4) is 22.6 Å². The van der Waals surface area contributed by atoms with Crippen LogP contribution in [0.4, 0.5) is 14.9 Å². The van der Waals surface area contributed by atoms with Crippen molar-refractivity contribution in [3.05, 3.63) is 89.5 Å². The molecule has 1 spiro atoms. The van der Waals surface area contributed by atoms with Crippen molar-refractivity contribution in [1.29, 1.82) is 0 Å². The third kappa shape index (κ3) is 4.82. The highest BCUT2D eigenvalue weighted by molar-refractivity contribution is 5.91. The average molecular weight is 570 g/mol. The largest absolute Gasteiger partial charge is 0.468 e. The summed E-state index contributed by atoms with van der Waals surface area (Å²) in [6.45, 7) is 3.29. The summed E-state index contributed by atoms with van der Waals surface area (Å²) in [7, 11) is 1.46. The number of carbonyl (C=O) groups excluding carboxylic acids is 2. The van der Waals surface area contributed by atoms with E-state index in [1.807, 2.05) is 36.4 Å². The summed E-state index contributed by atoms with van der Waals surface area (Å²) in [5.41, 5.74) is 4.06. The van der Waals surface area contributed by atoms with Crippen LogP contribution < -0.4 is 5.32 Å². The molecule has 1 atom stereocenters. The van der Waals surface area contributed by atoms with Gasteiger partial charge in [-0.2, -0.15) is 0 Å². The number of amides is 1. The molecule has 216 valence electrons. The van der Waals surface area contributed by atoms with Crippen LogP contribution in [0.25, 0.3) is 22.6 Å². The van der Waals surface area contributed by atoms with E-state index in [0.717, 1.165) is 29.7 Å². The van der Waals surface area contributed by atoms with Crippen molar-refractivity contribution >= 4 is 17.7 Å². The first-order valence-electron chi connectivity index (χ1n) is 14.1. The molecule has 2 fully saturated rings. The van der Waals surface area contributed by atoms with Gasteiger partial charge in [-0.15, -0.1) is 0 Å². The van der Waals surface area contributed by atoms with Crippen LogP contribution in [-0.2, 0) is 19.7 Å². The van der Waals surface area contributed by atoms with Crippen LogP contribution >= 0.6 is 0 Å². The molecule has 2 aromatic heterocycles. The van der Waals surface area contributed by atoms with Gasteiger partial charge in [0, 0.05) is 22.9 Å². The van der Waals surface area contributed by atoms with Crippen molar-refractivity contribution in [1.82, 2.24) is 10.1 Å². The fourth-order valence-corrected chi connectivity index (χ4v) is 6.45. The number of rotatable bonds is 7. The molecular weight excluding hydrogens is 537 g/mol. The molecule has 2 aromatic carbocycles. The van der Waals surface area contributed by atoms with Gasteiger partial charge >= 0.3 is 12.1 Å². The van der Waals surface area contributed by atoms with Crippen molar-refractivity contribution in [2.24, 2.45) is 5.41 Å². The van der Waals surface area contributed by atoms with Crippen LogP contribution in [0, 0.1) is 18.2 Å². The second kappa shape index (κ2) is 10.7. The van der Waals surface area contributed by atoms with E-state index in [-0.39, 0.29) is 11.5 Å². The van der Waals surface area contributed by atoms with Crippen molar-refractivity contribution < 1.29 is 28.0 Å². The number of ether oxygens (including phenoxy) is 2. The normalized spacial score (nSPS) is 17.0. The molecule has 8 nitrogen and oxygen atoms in total. The fraction of sp³-hybridized carbons (Fsp3) is 0.333. The minimum absolute atomic E-state index is 0.160. The highest BCUT2D eigenvalue weighted by Crippen LogP contribution is 2.65. The van der Waals surface area contributed by atoms with Crippen LogP contribution in [0.5, 0.6) is 0 Å². The van der Waals surface area contributed by atoms with Gasteiger partial charge in [-0.1, -0.05) is 54.0 Å². The molecule has 2 aliphatic carbocycles. The van der Waals surface area contributed by atoms with E-state index < -0.39 is 23.4 Å². The topological polar surface area (TPSA) is 104 Å². The van der Waals surface area contributed by atoms with Gasteiger partial charge in [0.25, 0.3) is 0 Å². The lowest BCUT2D eigenvalue weighted by atomic mass is 9.43. The monoisotopic (exact) mass is 569 g/mol. The molecule has 0 radical (unpaired) electrons. The SMILES string of the molecule is COC(=O)C1(c2ccc(-c3ccc(-c4onc(C)c4NC(=O)OC(C)c4ccccc4F)cn3)cc2)CC2(CCC2)C1. The van der Waals surface area contributed by atoms with E-state index in [2.05, 4.69) is 15.5 Å². The first-order chi connectivity index (χ1) is 20.2. The van der Waals surface area contributed by atoms with Crippen LogP contribution in [0.15, 0.2) is 71.4 Å². The number of hydrogen-bond acceptors (Lipinski definition) is 7. The Labute approximate surface area is 243 Å². The maximum absolute atomic E-state index is 14.1. The van der Waals surface area contributed by atoms with Crippen molar-refractivity contribution in [2.75, 3.05) is 12.4 Å². The number of carbonyl (C=O) groups is 2. The lowest BCUT2D eigenvalue weighted by molar-refractivity contribution is -0.163. The average Bonchev–Trinajstić information content (AvgIpc) is 3.31. The van der Waals surface area contributed by atoms with Crippen LogP contribution in [0.2, 0.25) is 0 Å². The zero-order chi connectivity index (χ0) is 29.5. The summed E-state index contributed by atoms with van der Waals surface area (Å²) in [5.74, 6) is -0.284. The molecular formula is C33H32FN3O5. The molecule has 2 heterocycles. The second-order valence-corrected chi connectivity index (χ2v) is 11.5. The van der Waals surface area contributed by atoms with E-state index in [1.165, 1.54) is 32.4 Å². The first-order valence-corrected chi connectivity index (χ1v) is 14.1. The number of halogens is 1. The third-order valence-electron chi connectivity index (χ3n) is 8.82. The molecule has 2 aliphatic rings. The number of esters is 1. The summed E-state index contributed by atoms with van der Waals surface area (Å²) in [4.78, 5) is 30.1. The van der Waals surface area contributed by atoms with Crippen molar-refractivity contribution in [2.45, 2.75) is 57.5 Å². The molecule has 42 heavy (non-hydrogen) atoms. The zero-order valence-electron chi connectivity index (χ0n) is 23.8. The Morgan fingerprint density at radius 1 is 1.02 bits per heavy atom. The van der Waals surface area contributed by atoms with Crippen LogP contribution in [0.1, 0.15) is 62.0 Å². The zero-order valence-corrected chi connectivity index (χ0v) is 23.8. The Bertz CT molecular complexity index is 1620. The quantitative estimate of drug-likeness (QED) is 0.229. The molecule has 1 unspecified atom stereocenters. The molecule has 4 aromatic rings. The number of aromatic nitrogens is 2. The maximum Gasteiger partial charge on any atom is 0.412 e. The smallest absolute Gasteiger partial charge is 0.412 e. The third-order valence-corrected chi connectivity index (χ3v) is 8.82. The highest BCUT2D eigenvalue weighted by atomic mass is 19.1. The molecule has 0 bridgehead atoms. The Hall–Kier alpha value is -4.53. The maximum atomic E-state index is 14.1. The highest BCUT2D eigenvalue weighted by Gasteiger charge is 2.62. The number of anilines is 1. The van der Waals surface area contributed by atoms with E-state index in [0.29, 0.717) is 28.1 Å². The molecule has 1 amide bonds.